The molecule has 0 radical (unpaired) electrons. The van der Waals surface area contributed by atoms with Crippen LogP contribution in [0.3, 0.4) is 0 Å². The second-order valence-corrected chi connectivity index (χ2v) is 5.96. The lowest BCUT2D eigenvalue weighted by molar-refractivity contribution is -0.132. The predicted octanol–water partition coefficient (Wildman–Crippen LogP) is 0.705. The summed E-state index contributed by atoms with van der Waals surface area (Å²) in [6, 6.07) is 3.46. The van der Waals surface area contributed by atoms with Crippen LogP contribution in [0.2, 0.25) is 0 Å². The number of carbonyl (C=O) groups is 1. The van der Waals surface area contributed by atoms with Crippen molar-refractivity contribution in [3.8, 4) is 5.75 Å². The molecule has 1 aromatic heterocycles. The molecule has 1 fully saturated rings. The molecule has 1 saturated heterocycles. The molecule has 1 N–H and O–H groups in total. The number of piperazine rings is 1. The van der Waals surface area contributed by atoms with Crippen LogP contribution in [0, 0.1) is 5.92 Å². The van der Waals surface area contributed by atoms with Gasteiger partial charge in [0.05, 0.1) is 6.61 Å². The Morgan fingerprint density at radius 2 is 2.09 bits per heavy atom. The van der Waals surface area contributed by atoms with E-state index in [2.05, 4.69) is 5.32 Å². The lowest BCUT2D eigenvalue weighted by Crippen LogP contribution is -2.46. The van der Waals surface area contributed by atoms with Crippen LogP contribution in [0.1, 0.15) is 20.3 Å². The maximum atomic E-state index is 12.3. The number of pyridine rings is 1. The Balaban J connectivity index is 1.93. The van der Waals surface area contributed by atoms with E-state index >= 15 is 0 Å². The minimum Gasteiger partial charge on any atom is -0.488 e. The maximum absolute atomic E-state index is 12.3. The van der Waals surface area contributed by atoms with Gasteiger partial charge >= 0.3 is 0 Å². The number of nitrogens with one attached hydrogen (secondary N) is 1. The van der Waals surface area contributed by atoms with Crippen molar-refractivity contribution in [3.63, 3.8) is 0 Å². The first-order valence-electron chi connectivity index (χ1n) is 7.88. The standard InChI is InChI=1S/C16H25N3O3/c1-13(2)12-22-14-4-3-8-19(16(14)21)9-5-15(20)18-10-6-17-7-11-18/h3-4,8,13,17H,5-7,9-12H2,1-2H3. The molecule has 0 aliphatic carbocycles. The van der Waals surface area contributed by atoms with Gasteiger partial charge in [-0.25, -0.2) is 0 Å². The second kappa shape index (κ2) is 7.98. The molecule has 1 aliphatic rings. The monoisotopic (exact) mass is 307 g/mol. The first-order chi connectivity index (χ1) is 10.6. The Morgan fingerprint density at radius 1 is 1.36 bits per heavy atom. The molecule has 6 nitrogen and oxygen atoms in total. The molecule has 0 spiro atoms. The van der Waals surface area contributed by atoms with Crippen LogP contribution in [-0.2, 0) is 11.3 Å². The highest BCUT2D eigenvalue weighted by Crippen LogP contribution is 2.05. The molecule has 0 unspecified atom stereocenters. The van der Waals surface area contributed by atoms with Gasteiger partial charge in [0.15, 0.2) is 5.75 Å². The SMILES string of the molecule is CC(C)COc1cccn(CCC(=O)N2CCNCC2)c1=O. The highest BCUT2D eigenvalue weighted by molar-refractivity contribution is 5.76. The molecule has 6 heteroatoms. The molecular formula is C16H25N3O3. The Labute approximate surface area is 131 Å². The van der Waals surface area contributed by atoms with Crippen LogP contribution in [-0.4, -0.2) is 48.2 Å². The zero-order valence-corrected chi connectivity index (χ0v) is 13.4. The molecule has 0 saturated carbocycles. The average molecular weight is 307 g/mol. The van der Waals surface area contributed by atoms with Crippen molar-refractivity contribution in [2.75, 3.05) is 32.8 Å². The third kappa shape index (κ3) is 4.59. The van der Waals surface area contributed by atoms with Crippen molar-refractivity contribution >= 4 is 5.91 Å². The van der Waals surface area contributed by atoms with Gasteiger partial charge in [-0.1, -0.05) is 13.8 Å². The molecule has 0 bridgehead atoms. The van der Waals surface area contributed by atoms with Gasteiger partial charge in [0, 0.05) is 45.3 Å². The first-order valence-corrected chi connectivity index (χ1v) is 7.88. The van der Waals surface area contributed by atoms with E-state index in [1.54, 1.807) is 22.9 Å². The van der Waals surface area contributed by atoms with E-state index in [1.807, 2.05) is 18.7 Å². The van der Waals surface area contributed by atoms with E-state index in [1.165, 1.54) is 0 Å². The third-order valence-electron chi connectivity index (χ3n) is 3.59. The lowest BCUT2D eigenvalue weighted by atomic mass is 10.2. The molecule has 1 aliphatic heterocycles. The smallest absolute Gasteiger partial charge is 0.292 e. The molecule has 2 heterocycles. The summed E-state index contributed by atoms with van der Waals surface area (Å²) in [5.74, 6) is 0.815. The van der Waals surface area contributed by atoms with E-state index in [0.717, 1.165) is 26.2 Å². The summed E-state index contributed by atoms with van der Waals surface area (Å²) in [5, 5.41) is 3.22. The van der Waals surface area contributed by atoms with Crippen molar-refractivity contribution in [3.05, 3.63) is 28.7 Å². The minimum atomic E-state index is -0.170. The number of carbonyl (C=O) groups excluding carboxylic acids is 1. The number of rotatable bonds is 6. The van der Waals surface area contributed by atoms with Gasteiger partial charge in [-0.15, -0.1) is 0 Å². The third-order valence-corrected chi connectivity index (χ3v) is 3.59. The summed E-state index contributed by atoms with van der Waals surface area (Å²) in [7, 11) is 0. The van der Waals surface area contributed by atoms with Gasteiger partial charge in [-0.05, 0) is 18.1 Å². The van der Waals surface area contributed by atoms with Crippen LogP contribution < -0.4 is 15.6 Å². The molecule has 0 aromatic carbocycles. The summed E-state index contributed by atoms with van der Waals surface area (Å²) >= 11 is 0. The molecule has 2 rings (SSSR count). The highest BCUT2D eigenvalue weighted by Gasteiger charge is 2.16. The number of hydrogen-bond acceptors (Lipinski definition) is 4. The predicted molar refractivity (Wildman–Crippen MR) is 85.1 cm³/mol. The number of nitrogens with zero attached hydrogens (tertiary/aromatic N) is 2. The zero-order valence-electron chi connectivity index (χ0n) is 13.4. The number of ether oxygens (including phenoxy) is 1. The van der Waals surface area contributed by atoms with E-state index in [4.69, 9.17) is 4.74 Å². The lowest BCUT2D eigenvalue weighted by Gasteiger charge is -2.27. The summed E-state index contributed by atoms with van der Waals surface area (Å²) in [6.45, 7) is 8.13. The molecule has 22 heavy (non-hydrogen) atoms. The Kier molecular flexibility index (Phi) is 6.00. The zero-order chi connectivity index (χ0) is 15.9. The largest absolute Gasteiger partial charge is 0.488 e. The van der Waals surface area contributed by atoms with Crippen molar-refractivity contribution in [1.29, 1.82) is 0 Å². The van der Waals surface area contributed by atoms with E-state index < -0.39 is 0 Å². The summed E-state index contributed by atoms with van der Waals surface area (Å²) in [4.78, 5) is 26.3. The van der Waals surface area contributed by atoms with Crippen molar-refractivity contribution in [2.24, 2.45) is 5.92 Å². The van der Waals surface area contributed by atoms with Crippen molar-refractivity contribution in [1.82, 2.24) is 14.8 Å². The fourth-order valence-corrected chi connectivity index (χ4v) is 2.35. The number of aryl methyl sites for hydroxylation is 1. The van der Waals surface area contributed by atoms with E-state index in [-0.39, 0.29) is 11.5 Å². The maximum Gasteiger partial charge on any atom is 0.292 e. The van der Waals surface area contributed by atoms with Gasteiger partial charge in [-0.2, -0.15) is 0 Å². The van der Waals surface area contributed by atoms with Crippen LogP contribution in [0.4, 0.5) is 0 Å². The van der Waals surface area contributed by atoms with E-state index in [9.17, 15) is 9.59 Å². The van der Waals surface area contributed by atoms with Gasteiger partial charge < -0.3 is 19.5 Å². The van der Waals surface area contributed by atoms with E-state index in [0.29, 0.717) is 31.2 Å². The first kappa shape index (κ1) is 16.5. The number of amides is 1. The Bertz CT molecular complexity index is 548. The average Bonchev–Trinajstić information content (AvgIpc) is 2.53. The number of aromatic nitrogens is 1. The molecule has 1 aromatic rings. The Hall–Kier alpha value is -1.82. The molecule has 1 amide bonds. The fraction of sp³-hybridized carbons (Fsp3) is 0.625. The van der Waals surface area contributed by atoms with Gasteiger partial charge in [-0.3, -0.25) is 9.59 Å². The van der Waals surface area contributed by atoms with Gasteiger partial charge in [0.1, 0.15) is 0 Å². The quantitative estimate of drug-likeness (QED) is 0.840. The van der Waals surface area contributed by atoms with Gasteiger partial charge in [0.25, 0.3) is 5.56 Å². The Morgan fingerprint density at radius 3 is 2.77 bits per heavy atom. The molecular weight excluding hydrogens is 282 g/mol. The topological polar surface area (TPSA) is 63.6 Å². The fourth-order valence-electron chi connectivity index (χ4n) is 2.35. The summed E-state index contributed by atoms with van der Waals surface area (Å²) in [5.41, 5.74) is -0.170. The molecule has 0 atom stereocenters. The van der Waals surface area contributed by atoms with Crippen LogP contribution >= 0.6 is 0 Å². The van der Waals surface area contributed by atoms with Crippen LogP contribution in [0.25, 0.3) is 0 Å². The van der Waals surface area contributed by atoms with Crippen LogP contribution in [0.5, 0.6) is 5.75 Å². The minimum absolute atomic E-state index is 0.0990. The highest BCUT2D eigenvalue weighted by atomic mass is 16.5. The molecule has 122 valence electrons. The normalized spacial score (nSPS) is 15.1. The van der Waals surface area contributed by atoms with Crippen LogP contribution in [0.15, 0.2) is 23.1 Å². The van der Waals surface area contributed by atoms with Gasteiger partial charge in [0.2, 0.25) is 5.91 Å². The summed E-state index contributed by atoms with van der Waals surface area (Å²) < 4.78 is 7.08. The summed E-state index contributed by atoms with van der Waals surface area (Å²) in [6.07, 6.45) is 2.04. The van der Waals surface area contributed by atoms with Crippen molar-refractivity contribution in [2.45, 2.75) is 26.8 Å². The number of hydrogen-bond donors (Lipinski definition) is 1. The van der Waals surface area contributed by atoms with Crippen molar-refractivity contribution < 1.29 is 9.53 Å². The second-order valence-electron chi connectivity index (χ2n) is 5.96.